The molecule has 17 nitrogen and oxygen atoms in total. The smallest absolute Gasteiger partial charge is 0.315 e. The molecule has 2 aromatic rings. The van der Waals surface area contributed by atoms with E-state index in [1.807, 2.05) is 33.8 Å². The van der Waals surface area contributed by atoms with Crippen LogP contribution in [0.4, 0.5) is 5.69 Å². The van der Waals surface area contributed by atoms with Crippen molar-refractivity contribution in [2.45, 2.75) is 131 Å². The van der Waals surface area contributed by atoms with Crippen molar-refractivity contribution >= 4 is 40.0 Å². The van der Waals surface area contributed by atoms with E-state index in [1.54, 1.807) is 37.0 Å². The van der Waals surface area contributed by atoms with Crippen LogP contribution in [-0.4, -0.2) is 155 Å². The molecule has 7 aliphatic heterocycles. The average molecular weight is 1020 g/mol. The summed E-state index contributed by atoms with van der Waals surface area (Å²) in [4.78, 5) is 75.6. The number of piperazine rings is 1. The van der Waals surface area contributed by atoms with E-state index in [9.17, 15) is 34.5 Å². The maximum Gasteiger partial charge on any atom is 0.315 e. The number of fused-ring (bicyclic) bond motifs is 13. The van der Waals surface area contributed by atoms with Crippen molar-refractivity contribution in [3.8, 4) is 17.2 Å². The Morgan fingerprint density at radius 2 is 1.58 bits per heavy atom. The number of ether oxygens (including phenoxy) is 3. The normalized spacial score (nSPS) is 30.3. The third kappa shape index (κ3) is 11.6. The lowest BCUT2D eigenvalue weighted by Gasteiger charge is -2.38. The van der Waals surface area contributed by atoms with Gasteiger partial charge in [-0.05, 0) is 95.3 Å². The average Bonchev–Trinajstić information content (AvgIpc) is 3.86. The molecule has 0 aliphatic carbocycles. The predicted octanol–water partition coefficient (Wildman–Crippen LogP) is 6.01. The predicted molar refractivity (Wildman–Crippen MR) is 282 cm³/mol. The lowest BCUT2D eigenvalue weighted by Crippen LogP contribution is -2.51. The van der Waals surface area contributed by atoms with Gasteiger partial charge in [-0.25, -0.2) is 0 Å². The highest BCUT2D eigenvalue weighted by atomic mass is 16.7. The quantitative estimate of drug-likeness (QED) is 0.143. The number of carbonyl (C=O) groups is 4. The van der Waals surface area contributed by atoms with Gasteiger partial charge in [0, 0.05) is 94.6 Å². The summed E-state index contributed by atoms with van der Waals surface area (Å²) < 4.78 is 18.8. The second-order valence-corrected chi connectivity index (χ2v) is 23.1. The molecule has 0 aromatic heterocycles. The Labute approximate surface area is 436 Å². The van der Waals surface area contributed by atoms with Gasteiger partial charge in [-0.2, -0.15) is 0 Å². The molecule has 7 heterocycles. The zero-order valence-corrected chi connectivity index (χ0v) is 45.4. The van der Waals surface area contributed by atoms with Crippen LogP contribution in [0.2, 0.25) is 0 Å². The molecule has 1 spiro atoms. The molecule has 3 saturated heterocycles. The summed E-state index contributed by atoms with van der Waals surface area (Å²) in [6.07, 6.45) is 10.7. The van der Waals surface area contributed by atoms with E-state index in [2.05, 4.69) is 40.9 Å². The Morgan fingerprint density at radius 1 is 0.905 bits per heavy atom. The number of benzene rings is 2. The largest absolute Gasteiger partial charge is 0.507 e. The molecule has 0 radical (unpaired) electrons. The van der Waals surface area contributed by atoms with Crippen LogP contribution < -0.4 is 20.8 Å². The number of esters is 1. The van der Waals surface area contributed by atoms with Gasteiger partial charge >= 0.3 is 11.8 Å². The highest BCUT2D eigenvalue weighted by Crippen LogP contribution is 2.50. The molecule has 0 saturated carbocycles. The van der Waals surface area contributed by atoms with Crippen LogP contribution in [0.3, 0.4) is 0 Å². The SMILES string of the molecule is C/C1=C/C=C/C(C)C[C@@H](C)C(O)[C@@H](C)C(OC(=O)CC(=O)N2CCN(CC3CCN(C)CC3)CC2)[C@H](C)C/C=C/OC2(C)Oc3c(C)c(O)c4c(O)c(c5c(c4c3C2=O)=NC2(CCN(CC(C)C)CC2)N=5)NC1=O. The van der Waals surface area contributed by atoms with E-state index < -0.39 is 59.4 Å². The maximum atomic E-state index is 14.9. The van der Waals surface area contributed by atoms with Gasteiger partial charge < -0.3 is 49.5 Å². The Morgan fingerprint density at radius 3 is 2.26 bits per heavy atom. The minimum atomic E-state index is -1.91. The molecule has 2 amide bonds. The monoisotopic (exact) mass is 1020 g/mol. The summed E-state index contributed by atoms with van der Waals surface area (Å²) in [7, 11) is 2.16. The first kappa shape index (κ1) is 54.9. The van der Waals surface area contributed by atoms with Gasteiger partial charge in [0.1, 0.15) is 35.1 Å². The fourth-order valence-electron chi connectivity index (χ4n) is 12.0. The molecule has 404 valence electrons. The van der Waals surface area contributed by atoms with Gasteiger partial charge in [-0.3, -0.25) is 34.1 Å². The molecule has 5 bridgehead atoms. The minimum absolute atomic E-state index is 0.0149. The minimum Gasteiger partial charge on any atom is -0.507 e. The fourth-order valence-corrected chi connectivity index (χ4v) is 12.0. The number of piperidine rings is 2. The number of hydrogen-bond acceptors (Lipinski definition) is 15. The maximum absolute atomic E-state index is 14.9. The zero-order chi connectivity index (χ0) is 53.4. The molecule has 2 aromatic carbocycles. The molecule has 7 aliphatic rings. The number of rotatable bonds is 7. The van der Waals surface area contributed by atoms with E-state index in [-0.39, 0.29) is 73.5 Å². The summed E-state index contributed by atoms with van der Waals surface area (Å²) in [5, 5.41) is 39.5. The number of phenolic OH excluding ortho intramolecular Hbond substituents is 2. The van der Waals surface area contributed by atoms with Crippen LogP contribution in [0.1, 0.15) is 116 Å². The summed E-state index contributed by atoms with van der Waals surface area (Å²) >= 11 is 0. The van der Waals surface area contributed by atoms with E-state index in [1.165, 1.54) is 26.0 Å². The third-order valence-corrected chi connectivity index (χ3v) is 16.6. The standard InChI is InChI=1S/C57H81N7O10/c1-33(2)31-62-22-18-57(19-23-62)59-46-43-44-50(68)39(8)53-45(43)54(70)56(9,74-53)72-28-12-15-35(4)52(73-42(66)30-41(65)64-26-24-63(25-27-64)32-40-16-20-61(10)21-17-40)38(7)49(67)37(6)29-34(3)13-11-14-36(5)55(71)58-48(51(44)69)47(46)60-57/h11-14,28,33-35,37-38,40,49,52,67-69H,15-27,29-32H2,1-10H3,(H,58,71)/b13-11+,28-12+,36-14-/t34?,35-,37-,38-,49?,52?,56?/m1/s1. The van der Waals surface area contributed by atoms with Crippen molar-refractivity contribution in [2.24, 2.45) is 45.5 Å². The summed E-state index contributed by atoms with van der Waals surface area (Å²) in [6, 6.07) is 0. The fraction of sp³-hybridized carbons (Fsp3) is 0.649. The van der Waals surface area contributed by atoms with Crippen molar-refractivity contribution in [1.29, 1.82) is 0 Å². The number of hydrogen-bond donors (Lipinski definition) is 4. The van der Waals surface area contributed by atoms with Gasteiger partial charge in [0.15, 0.2) is 11.4 Å². The highest BCUT2D eigenvalue weighted by Gasteiger charge is 2.50. The first-order chi connectivity index (χ1) is 35.1. The van der Waals surface area contributed by atoms with Crippen LogP contribution in [-0.2, 0) is 23.9 Å². The van der Waals surface area contributed by atoms with Crippen LogP contribution in [0.15, 0.2) is 46.1 Å². The molecule has 7 atom stereocenters. The first-order valence-corrected chi connectivity index (χ1v) is 27.1. The Kier molecular flexibility index (Phi) is 16.7. The number of allylic oxidation sites excluding steroid dienone is 4. The van der Waals surface area contributed by atoms with Crippen molar-refractivity contribution in [3.63, 3.8) is 0 Å². The van der Waals surface area contributed by atoms with Crippen molar-refractivity contribution < 1.29 is 48.7 Å². The van der Waals surface area contributed by atoms with Crippen LogP contribution in [0.25, 0.3) is 10.8 Å². The molecular formula is C57H81N7O10. The summed E-state index contributed by atoms with van der Waals surface area (Å²) in [5.74, 6) is -4.73. The summed E-state index contributed by atoms with van der Waals surface area (Å²) in [6.45, 7) is 25.0. The number of nitrogens with zero attached hydrogens (tertiary/aromatic N) is 6. The van der Waals surface area contributed by atoms with Gasteiger partial charge in [0.25, 0.3) is 11.7 Å². The van der Waals surface area contributed by atoms with Crippen LogP contribution >= 0.6 is 0 Å². The summed E-state index contributed by atoms with van der Waals surface area (Å²) in [5.41, 5.74) is -0.384. The number of phenols is 2. The van der Waals surface area contributed by atoms with Crippen molar-refractivity contribution in [1.82, 2.24) is 19.6 Å². The highest BCUT2D eigenvalue weighted by molar-refractivity contribution is 6.19. The second kappa shape index (κ2) is 22.5. The molecule has 74 heavy (non-hydrogen) atoms. The number of carbonyl (C=O) groups excluding carboxylic acids is 4. The number of Topliss-reactive ketones (excluding diaryl/α,β-unsaturated/α-hetero) is 1. The number of aromatic hydroxyl groups is 2. The van der Waals surface area contributed by atoms with Crippen molar-refractivity contribution in [2.75, 3.05) is 77.8 Å². The molecular weight excluding hydrogens is 943 g/mol. The molecule has 9 rings (SSSR count). The topological polar surface area (TPSA) is 206 Å². The lowest BCUT2D eigenvalue weighted by atomic mass is 9.80. The third-order valence-electron chi connectivity index (χ3n) is 16.6. The van der Waals surface area contributed by atoms with Gasteiger partial charge in [-0.1, -0.05) is 59.8 Å². The number of aliphatic hydroxyl groups excluding tert-OH is 1. The van der Waals surface area contributed by atoms with Gasteiger partial charge in [0.2, 0.25) is 5.91 Å². The molecule has 4 unspecified atom stereocenters. The van der Waals surface area contributed by atoms with E-state index >= 15 is 0 Å². The number of likely N-dealkylation sites (tertiary alicyclic amines) is 2. The number of nitrogens with one attached hydrogen (secondary N) is 1. The Balaban J connectivity index is 1.08. The zero-order valence-electron chi connectivity index (χ0n) is 45.4. The van der Waals surface area contributed by atoms with Crippen molar-refractivity contribution in [3.05, 3.63) is 58.0 Å². The lowest BCUT2D eigenvalue weighted by molar-refractivity contribution is -0.161. The number of amides is 2. The second-order valence-electron chi connectivity index (χ2n) is 23.1. The number of anilines is 1. The van der Waals surface area contributed by atoms with E-state index in [0.29, 0.717) is 56.2 Å². The van der Waals surface area contributed by atoms with E-state index in [0.717, 1.165) is 52.4 Å². The molecule has 17 heteroatoms. The molecule has 3 fully saturated rings. The number of aliphatic hydroxyl groups is 1. The van der Waals surface area contributed by atoms with E-state index in [4.69, 9.17) is 24.2 Å². The van der Waals surface area contributed by atoms with Gasteiger partial charge in [0.05, 0.1) is 28.7 Å². The Bertz CT molecular complexity index is 2700. The van der Waals surface area contributed by atoms with Crippen LogP contribution in [0, 0.1) is 42.4 Å². The Hall–Kier alpha value is -5.36. The van der Waals surface area contributed by atoms with Gasteiger partial charge in [-0.15, -0.1) is 0 Å². The first-order valence-electron chi connectivity index (χ1n) is 27.1. The molecule has 4 N–H and O–H groups in total. The number of ketones is 1. The van der Waals surface area contributed by atoms with Crippen LogP contribution in [0.5, 0.6) is 17.2 Å².